The Bertz CT molecular complexity index is 777. The number of aromatic nitrogens is 1. The van der Waals surface area contributed by atoms with Gasteiger partial charge in [0.1, 0.15) is 19.0 Å². The summed E-state index contributed by atoms with van der Waals surface area (Å²) in [5.74, 6) is 0.223. The van der Waals surface area contributed by atoms with Crippen LogP contribution < -0.4 is 15.0 Å². The Labute approximate surface area is 170 Å². The molecular formula is C21H26N2O6. The van der Waals surface area contributed by atoms with Gasteiger partial charge in [0.25, 0.3) is 0 Å². The number of nitrogens with zero attached hydrogens (tertiary/aromatic N) is 1. The molecule has 2 N–H and O–H groups in total. The Kier molecular flexibility index (Phi) is 8.94. The van der Waals surface area contributed by atoms with Crippen molar-refractivity contribution in [1.82, 2.24) is 10.5 Å². The summed E-state index contributed by atoms with van der Waals surface area (Å²) in [6.45, 7) is 6.64. The van der Waals surface area contributed by atoms with Crippen LogP contribution in [0.4, 0.5) is 0 Å². The first-order valence-electron chi connectivity index (χ1n) is 9.16. The lowest BCUT2D eigenvalue weighted by molar-refractivity contribution is -0.149. The van der Waals surface area contributed by atoms with Crippen LogP contribution >= 0.6 is 0 Å². The van der Waals surface area contributed by atoms with Crippen LogP contribution in [0.3, 0.4) is 0 Å². The van der Waals surface area contributed by atoms with Crippen LogP contribution in [0.2, 0.25) is 0 Å². The van der Waals surface area contributed by atoms with Gasteiger partial charge in [0, 0.05) is 30.9 Å². The molecule has 8 heteroatoms. The Morgan fingerprint density at radius 2 is 1.97 bits per heavy atom. The summed E-state index contributed by atoms with van der Waals surface area (Å²) in [4.78, 5) is 20.6. The van der Waals surface area contributed by atoms with Gasteiger partial charge in [0.15, 0.2) is 6.10 Å². The van der Waals surface area contributed by atoms with Crippen molar-refractivity contribution in [3.63, 3.8) is 0 Å². The Balaban J connectivity index is 1.69. The number of hydrogen-bond donors (Lipinski definition) is 2. The van der Waals surface area contributed by atoms with Gasteiger partial charge in [0.2, 0.25) is 5.88 Å². The predicted molar refractivity (Wildman–Crippen MR) is 108 cm³/mol. The fraction of sp³-hybridized carbons (Fsp3) is 0.333. The number of aliphatic carboxylic acids is 1. The normalized spacial score (nSPS) is 11.5. The Hall–Kier alpha value is -3.10. The third-order valence-corrected chi connectivity index (χ3v) is 3.93. The zero-order chi connectivity index (χ0) is 21.1. The minimum Gasteiger partial charge on any atom is -0.491 e. The maximum atomic E-state index is 11.1. The van der Waals surface area contributed by atoms with Gasteiger partial charge in [-0.1, -0.05) is 18.7 Å². The van der Waals surface area contributed by atoms with Gasteiger partial charge in [-0.15, -0.1) is 0 Å². The van der Waals surface area contributed by atoms with Crippen LogP contribution in [0.15, 0.2) is 49.2 Å². The number of pyridine rings is 1. The first-order valence-corrected chi connectivity index (χ1v) is 9.16. The standard InChI is InChI=1S/C21H26N2O6/c1-4-27-19(21(24)25)13-16-5-8-18(9-6-16)28-11-12-29-23-15(2)17-7-10-20(26-3)22-14-17/h5-10,14,19,23H,2,4,11-13H2,1,3H3,(H,24,25). The Morgan fingerprint density at radius 3 is 2.55 bits per heavy atom. The second-order valence-electron chi connectivity index (χ2n) is 6.00. The largest absolute Gasteiger partial charge is 0.491 e. The maximum Gasteiger partial charge on any atom is 0.333 e. The number of benzene rings is 1. The van der Waals surface area contributed by atoms with Crippen LogP contribution in [0, 0.1) is 0 Å². The molecule has 0 fully saturated rings. The summed E-state index contributed by atoms with van der Waals surface area (Å²) in [6.07, 6.45) is 1.09. The van der Waals surface area contributed by atoms with Gasteiger partial charge in [0.05, 0.1) is 12.8 Å². The monoisotopic (exact) mass is 402 g/mol. The molecule has 0 bridgehead atoms. The summed E-state index contributed by atoms with van der Waals surface area (Å²) in [6, 6.07) is 10.8. The van der Waals surface area contributed by atoms with Crippen molar-refractivity contribution in [2.24, 2.45) is 0 Å². The molecule has 0 aliphatic heterocycles. The molecule has 8 nitrogen and oxygen atoms in total. The summed E-state index contributed by atoms with van der Waals surface area (Å²) in [5, 5.41) is 9.14. The molecule has 0 aliphatic rings. The molecule has 29 heavy (non-hydrogen) atoms. The number of carboxylic acid groups (broad SMARTS) is 1. The van der Waals surface area contributed by atoms with E-state index >= 15 is 0 Å². The van der Waals surface area contributed by atoms with Crippen molar-refractivity contribution in [2.45, 2.75) is 19.4 Å². The van der Waals surface area contributed by atoms with E-state index in [2.05, 4.69) is 17.0 Å². The molecule has 1 heterocycles. The van der Waals surface area contributed by atoms with Crippen LogP contribution in [0.25, 0.3) is 5.70 Å². The van der Waals surface area contributed by atoms with Crippen LogP contribution in [0.1, 0.15) is 18.1 Å². The number of hydroxylamine groups is 1. The molecule has 2 aromatic rings. The summed E-state index contributed by atoms with van der Waals surface area (Å²) < 4.78 is 15.8. The quantitative estimate of drug-likeness (QED) is 0.390. The third-order valence-electron chi connectivity index (χ3n) is 3.93. The third kappa shape index (κ3) is 7.44. The minimum absolute atomic E-state index is 0.301. The lowest BCUT2D eigenvalue weighted by Gasteiger charge is -2.13. The average Bonchev–Trinajstić information content (AvgIpc) is 2.74. The number of hydrogen-bond acceptors (Lipinski definition) is 7. The zero-order valence-corrected chi connectivity index (χ0v) is 16.6. The van der Waals surface area contributed by atoms with E-state index in [4.69, 9.17) is 24.2 Å². The van der Waals surface area contributed by atoms with E-state index < -0.39 is 12.1 Å². The predicted octanol–water partition coefficient (Wildman–Crippen LogP) is 2.69. The topological polar surface area (TPSA) is 99.1 Å². The summed E-state index contributed by atoms with van der Waals surface area (Å²) in [5.41, 5.74) is 4.97. The fourth-order valence-electron chi connectivity index (χ4n) is 2.43. The number of methoxy groups -OCH3 is 1. The van der Waals surface area contributed by atoms with Crippen molar-refractivity contribution in [3.8, 4) is 11.6 Å². The van der Waals surface area contributed by atoms with Crippen molar-refractivity contribution in [3.05, 3.63) is 60.3 Å². The minimum atomic E-state index is -0.969. The van der Waals surface area contributed by atoms with Gasteiger partial charge in [-0.2, -0.15) is 0 Å². The van der Waals surface area contributed by atoms with Gasteiger partial charge >= 0.3 is 5.97 Å². The van der Waals surface area contributed by atoms with E-state index in [1.54, 1.807) is 38.4 Å². The molecule has 0 saturated heterocycles. The highest BCUT2D eigenvalue weighted by atomic mass is 16.7. The van der Waals surface area contributed by atoms with Crippen LogP contribution in [0.5, 0.6) is 11.6 Å². The summed E-state index contributed by atoms with van der Waals surface area (Å²) in [7, 11) is 1.55. The van der Waals surface area contributed by atoms with E-state index in [0.29, 0.717) is 43.6 Å². The lowest BCUT2D eigenvalue weighted by Crippen LogP contribution is -2.26. The molecule has 0 radical (unpaired) electrons. The molecular weight excluding hydrogens is 376 g/mol. The SMILES string of the molecule is C=C(NOCCOc1ccc(CC(OCC)C(=O)O)cc1)c1ccc(OC)nc1. The molecule has 156 valence electrons. The smallest absolute Gasteiger partial charge is 0.333 e. The number of carbonyl (C=O) groups is 1. The second kappa shape index (κ2) is 11.7. The van der Waals surface area contributed by atoms with Crippen molar-refractivity contribution < 1.29 is 28.9 Å². The summed E-state index contributed by atoms with van der Waals surface area (Å²) >= 11 is 0. The van der Waals surface area contributed by atoms with Gasteiger partial charge < -0.3 is 19.3 Å². The van der Waals surface area contributed by atoms with E-state index in [-0.39, 0.29) is 0 Å². The first-order chi connectivity index (χ1) is 14.0. The van der Waals surface area contributed by atoms with Crippen molar-refractivity contribution >= 4 is 11.7 Å². The molecule has 0 spiro atoms. The molecule has 0 saturated carbocycles. The molecule has 0 aliphatic carbocycles. The van der Waals surface area contributed by atoms with Gasteiger partial charge in [-0.05, 0) is 30.7 Å². The fourth-order valence-corrected chi connectivity index (χ4v) is 2.43. The zero-order valence-electron chi connectivity index (χ0n) is 16.6. The highest BCUT2D eigenvalue weighted by molar-refractivity contribution is 5.72. The van der Waals surface area contributed by atoms with Crippen LogP contribution in [-0.4, -0.2) is 49.1 Å². The molecule has 1 aromatic carbocycles. The van der Waals surface area contributed by atoms with Crippen molar-refractivity contribution in [2.75, 3.05) is 26.9 Å². The molecule has 1 unspecified atom stereocenters. The number of rotatable bonds is 13. The number of nitrogens with one attached hydrogen (secondary N) is 1. The van der Waals surface area contributed by atoms with Crippen LogP contribution in [-0.2, 0) is 20.8 Å². The Morgan fingerprint density at radius 1 is 1.21 bits per heavy atom. The van der Waals surface area contributed by atoms with E-state index in [1.165, 1.54) is 0 Å². The number of carboxylic acids is 1. The van der Waals surface area contributed by atoms with E-state index in [0.717, 1.165) is 11.1 Å². The highest BCUT2D eigenvalue weighted by Gasteiger charge is 2.17. The molecule has 2 rings (SSSR count). The van der Waals surface area contributed by atoms with E-state index in [1.807, 2.05) is 18.2 Å². The second-order valence-corrected chi connectivity index (χ2v) is 6.00. The lowest BCUT2D eigenvalue weighted by atomic mass is 10.1. The molecule has 1 aromatic heterocycles. The van der Waals surface area contributed by atoms with Crippen molar-refractivity contribution in [1.29, 1.82) is 0 Å². The maximum absolute atomic E-state index is 11.1. The van der Waals surface area contributed by atoms with Gasteiger partial charge in [-0.25, -0.2) is 9.78 Å². The van der Waals surface area contributed by atoms with Gasteiger partial charge in [-0.3, -0.25) is 10.3 Å². The average molecular weight is 402 g/mol. The van der Waals surface area contributed by atoms with E-state index in [9.17, 15) is 4.79 Å². The number of ether oxygens (including phenoxy) is 3. The first kappa shape index (κ1) is 22.2. The highest BCUT2D eigenvalue weighted by Crippen LogP contribution is 2.15. The molecule has 0 amide bonds. The molecule has 1 atom stereocenters.